The number of anilines is 1. The fourth-order valence-corrected chi connectivity index (χ4v) is 2.93. The van der Waals surface area contributed by atoms with Gasteiger partial charge < -0.3 is 10.5 Å². The van der Waals surface area contributed by atoms with Crippen molar-refractivity contribution >= 4 is 38.9 Å². The minimum absolute atomic E-state index is 0.0991. The Balaban J connectivity index is 1.89. The Labute approximate surface area is 136 Å². The van der Waals surface area contributed by atoms with Crippen molar-refractivity contribution in [3.8, 4) is 5.75 Å². The van der Waals surface area contributed by atoms with E-state index in [0.29, 0.717) is 10.7 Å². The highest BCUT2D eigenvalue weighted by molar-refractivity contribution is 7.21. The van der Waals surface area contributed by atoms with Crippen LogP contribution in [0.3, 0.4) is 0 Å². The Morgan fingerprint density at radius 1 is 1.22 bits per heavy atom. The number of hydrogen-bond donors (Lipinski definition) is 2. The van der Waals surface area contributed by atoms with E-state index in [0.717, 1.165) is 16.0 Å². The maximum atomic E-state index is 11.7. The molecule has 2 aromatic carbocycles. The molecule has 1 aromatic heterocycles. The molecule has 116 valence electrons. The predicted octanol–water partition coefficient (Wildman–Crippen LogP) is 2.61. The van der Waals surface area contributed by atoms with Crippen LogP contribution in [-0.4, -0.2) is 23.7 Å². The van der Waals surface area contributed by atoms with Crippen molar-refractivity contribution in [1.29, 1.82) is 0 Å². The van der Waals surface area contributed by atoms with Gasteiger partial charge in [-0.2, -0.15) is 5.10 Å². The van der Waals surface area contributed by atoms with Gasteiger partial charge in [-0.25, -0.2) is 4.98 Å². The summed E-state index contributed by atoms with van der Waals surface area (Å²) in [5.74, 6) is 0.103. The van der Waals surface area contributed by atoms with Crippen molar-refractivity contribution < 1.29 is 9.53 Å². The molecule has 3 aromatic rings. The van der Waals surface area contributed by atoms with Crippen LogP contribution < -0.4 is 15.9 Å². The average molecular weight is 326 g/mol. The predicted molar refractivity (Wildman–Crippen MR) is 92.0 cm³/mol. The van der Waals surface area contributed by atoms with Gasteiger partial charge in [-0.15, -0.1) is 11.3 Å². The highest BCUT2D eigenvalue weighted by Crippen LogP contribution is 2.22. The fraction of sp³-hybridized carbons (Fsp3) is 0.0625. The molecule has 0 bridgehead atoms. The summed E-state index contributed by atoms with van der Waals surface area (Å²) in [4.78, 5) is 16.1. The number of hydrazone groups is 1. The normalized spacial score (nSPS) is 11.4. The first-order valence-electron chi connectivity index (χ1n) is 6.81. The Morgan fingerprint density at radius 2 is 1.96 bits per heavy atom. The number of ether oxygens (including phenoxy) is 1. The zero-order valence-corrected chi connectivity index (χ0v) is 13.1. The van der Waals surface area contributed by atoms with Crippen molar-refractivity contribution in [2.75, 3.05) is 12.5 Å². The number of hydrogen-bond acceptors (Lipinski definition) is 6. The van der Waals surface area contributed by atoms with E-state index in [1.165, 1.54) is 11.3 Å². The lowest BCUT2D eigenvalue weighted by Crippen LogP contribution is -2.25. The van der Waals surface area contributed by atoms with Crippen molar-refractivity contribution in [2.45, 2.75) is 0 Å². The molecule has 0 fully saturated rings. The summed E-state index contributed by atoms with van der Waals surface area (Å²) in [6.45, 7) is 0. The van der Waals surface area contributed by atoms with E-state index >= 15 is 0 Å². The minimum atomic E-state index is -0.634. The fourth-order valence-electron chi connectivity index (χ4n) is 1.97. The number of carbonyl (C=O) groups excluding carboxylic acids is 1. The van der Waals surface area contributed by atoms with Gasteiger partial charge in [-0.1, -0.05) is 12.1 Å². The number of amides is 1. The third-order valence-electron chi connectivity index (χ3n) is 3.12. The van der Waals surface area contributed by atoms with Gasteiger partial charge in [0.15, 0.2) is 10.7 Å². The quantitative estimate of drug-likeness (QED) is 0.557. The molecule has 1 heterocycles. The lowest BCUT2D eigenvalue weighted by Gasteiger charge is -2.04. The second kappa shape index (κ2) is 6.45. The summed E-state index contributed by atoms with van der Waals surface area (Å²) in [5.41, 5.74) is 9.88. The Hall–Kier alpha value is -2.93. The van der Waals surface area contributed by atoms with Crippen LogP contribution in [0, 0.1) is 0 Å². The summed E-state index contributed by atoms with van der Waals surface area (Å²) >= 11 is 1.37. The summed E-state index contributed by atoms with van der Waals surface area (Å²) < 4.78 is 6.06. The summed E-state index contributed by atoms with van der Waals surface area (Å²) in [5, 5.41) is 4.60. The zero-order chi connectivity index (χ0) is 16.2. The standard InChI is InChI=1S/C16H14N4O2S/c1-22-11-8-6-10(7-9-11)19-20-14(15(17)21)16-18-12-4-2-3-5-13(12)23-16/h2-9,19H,1H3,(H2,17,21)/b20-14+. The molecule has 0 radical (unpaired) electrons. The highest BCUT2D eigenvalue weighted by Gasteiger charge is 2.16. The number of methoxy groups -OCH3 is 1. The lowest BCUT2D eigenvalue weighted by atomic mass is 10.3. The number of aromatic nitrogens is 1. The van der Waals surface area contributed by atoms with Crippen LogP contribution in [0.4, 0.5) is 5.69 Å². The highest BCUT2D eigenvalue weighted by atomic mass is 32.1. The topological polar surface area (TPSA) is 89.6 Å². The molecule has 0 aliphatic heterocycles. The molecule has 6 nitrogen and oxygen atoms in total. The van der Waals surface area contributed by atoms with Crippen LogP contribution in [0.5, 0.6) is 5.75 Å². The second-order valence-electron chi connectivity index (χ2n) is 4.65. The minimum Gasteiger partial charge on any atom is -0.497 e. The van der Waals surface area contributed by atoms with Crippen LogP contribution in [0.15, 0.2) is 53.6 Å². The number of para-hydroxylation sites is 1. The molecule has 0 unspecified atom stereocenters. The summed E-state index contributed by atoms with van der Waals surface area (Å²) in [7, 11) is 1.60. The first-order valence-corrected chi connectivity index (χ1v) is 7.62. The molecule has 0 atom stereocenters. The number of carbonyl (C=O) groups is 1. The van der Waals surface area contributed by atoms with Crippen LogP contribution in [-0.2, 0) is 4.79 Å². The van der Waals surface area contributed by atoms with Gasteiger partial charge in [0.2, 0.25) is 0 Å². The Morgan fingerprint density at radius 3 is 2.61 bits per heavy atom. The number of nitrogens with two attached hydrogens (primary N) is 1. The number of thiazole rings is 1. The van der Waals surface area contributed by atoms with E-state index in [2.05, 4.69) is 15.5 Å². The number of nitrogens with one attached hydrogen (secondary N) is 1. The van der Waals surface area contributed by atoms with Crippen molar-refractivity contribution in [2.24, 2.45) is 10.8 Å². The molecule has 23 heavy (non-hydrogen) atoms. The summed E-state index contributed by atoms with van der Waals surface area (Å²) in [6.07, 6.45) is 0. The number of primary amides is 1. The van der Waals surface area contributed by atoms with E-state index in [1.54, 1.807) is 31.4 Å². The van der Waals surface area contributed by atoms with Crippen LogP contribution in [0.1, 0.15) is 5.01 Å². The van der Waals surface area contributed by atoms with E-state index in [1.807, 2.05) is 24.3 Å². The van der Waals surface area contributed by atoms with Gasteiger partial charge in [0.05, 0.1) is 23.0 Å². The first-order chi connectivity index (χ1) is 11.2. The third kappa shape index (κ3) is 3.29. The van der Waals surface area contributed by atoms with E-state index in [9.17, 15) is 4.79 Å². The first kappa shape index (κ1) is 15.0. The van der Waals surface area contributed by atoms with Crippen LogP contribution >= 0.6 is 11.3 Å². The van der Waals surface area contributed by atoms with Gasteiger partial charge in [0.25, 0.3) is 5.91 Å². The van der Waals surface area contributed by atoms with Crippen molar-refractivity contribution in [3.63, 3.8) is 0 Å². The van der Waals surface area contributed by atoms with E-state index < -0.39 is 5.91 Å². The van der Waals surface area contributed by atoms with Gasteiger partial charge in [-0.05, 0) is 36.4 Å². The molecule has 3 rings (SSSR count). The Kier molecular flexibility index (Phi) is 4.20. The monoisotopic (exact) mass is 326 g/mol. The number of rotatable bonds is 5. The van der Waals surface area contributed by atoms with Gasteiger partial charge in [0.1, 0.15) is 5.75 Å². The van der Waals surface area contributed by atoms with E-state index in [-0.39, 0.29) is 5.71 Å². The van der Waals surface area contributed by atoms with Gasteiger partial charge in [-0.3, -0.25) is 10.2 Å². The van der Waals surface area contributed by atoms with Gasteiger partial charge >= 0.3 is 0 Å². The van der Waals surface area contributed by atoms with Crippen molar-refractivity contribution in [1.82, 2.24) is 4.98 Å². The van der Waals surface area contributed by atoms with Crippen molar-refractivity contribution in [3.05, 3.63) is 53.5 Å². The molecule has 0 saturated heterocycles. The average Bonchev–Trinajstić information content (AvgIpc) is 2.99. The van der Waals surface area contributed by atoms with Gasteiger partial charge in [0, 0.05) is 0 Å². The third-order valence-corrected chi connectivity index (χ3v) is 4.16. The molecule has 0 spiro atoms. The number of benzene rings is 2. The maximum absolute atomic E-state index is 11.7. The van der Waals surface area contributed by atoms with Crippen LogP contribution in [0.25, 0.3) is 10.2 Å². The molecular formula is C16H14N4O2S. The number of nitrogens with zero attached hydrogens (tertiary/aromatic N) is 2. The molecule has 1 amide bonds. The molecule has 0 aliphatic rings. The SMILES string of the molecule is COc1ccc(N/N=C(\C(N)=O)c2nc3ccccc3s2)cc1. The maximum Gasteiger partial charge on any atom is 0.272 e. The molecule has 0 aliphatic carbocycles. The Bertz CT molecular complexity index is 838. The lowest BCUT2D eigenvalue weighted by molar-refractivity contribution is -0.111. The number of fused-ring (bicyclic) bond motifs is 1. The van der Waals surface area contributed by atoms with Crippen LogP contribution in [0.2, 0.25) is 0 Å². The van der Waals surface area contributed by atoms with E-state index in [4.69, 9.17) is 10.5 Å². The molecule has 3 N–H and O–H groups in total. The molecule has 7 heteroatoms. The molecule has 0 saturated carbocycles. The largest absolute Gasteiger partial charge is 0.497 e. The second-order valence-corrected chi connectivity index (χ2v) is 5.68. The molecular weight excluding hydrogens is 312 g/mol. The smallest absolute Gasteiger partial charge is 0.272 e. The summed E-state index contributed by atoms with van der Waals surface area (Å²) in [6, 6.07) is 14.8. The zero-order valence-electron chi connectivity index (χ0n) is 12.3.